The second kappa shape index (κ2) is 8.76. The van der Waals surface area contributed by atoms with Crippen LogP contribution in [0.2, 0.25) is 5.02 Å². The summed E-state index contributed by atoms with van der Waals surface area (Å²) in [6.45, 7) is 12.7. The first-order chi connectivity index (χ1) is 10.6. The highest BCUT2D eigenvalue weighted by Gasteiger charge is 2.14. The zero-order chi connectivity index (χ0) is 15.9. The van der Waals surface area contributed by atoms with E-state index < -0.39 is 0 Å². The Kier molecular flexibility index (Phi) is 7.00. The maximum atomic E-state index is 6.43. The van der Waals surface area contributed by atoms with Crippen LogP contribution in [0.4, 0.5) is 0 Å². The molecule has 2 rings (SSSR count). The number of nitrogens with one attached hydrogen (secondary N) is 1. The predicted molar refractivity (Wildman–Crippen MR) is 94.3 cm³/mol. The normalized spacial score (nSPS) is 16.5. The quantitative estimate of drug-likeness (QED) is 0.865. The Morgan fingerprint density at radius 3 is 2.86 bits per heavy atom. The van der Waals surface area contributed by atoms with Crippen molar-refractivity contribution in [2.75, 3.05) is 39.3 Å². The van der Waals surface area contributed by atoms with Gasteiger partial charge in [-0.2, -0.15) is 0 Å². The third kappa shape index (κ3) is 4.61. The first-order valence-corrected chi connectivity index (χ1v) is 8.85. The summed E-state index contributed by atoms with van der Waals surface area (Å²) in [5.41, 5.74) is 3.57. The Labute approximate surface area is 140 Å². The molecule has 0 spiro atoms. The second-order valence-electron chi connectivity index (χ2n) is 6.09. The van der Waals surface area contributed by atoms with E-state index in [2.05, 4.69) is 23.2 Å². The van der Waals surface area contributed by atoms with Crippen LogP contribution in [0, 0.1) is 13.8 Å². The van der Waals surface area contributed by atoms with E-state index in [9.17, 15) is 0 Å². The van der Waals surface area contributed by atoms with Crippen LogP contribution in [0.3, 0.4) is 0 Å². The molecule has 0 aromatic heterocycles. The molecule has 0 amide bonds. The summed E-state index contributed by atoms with van der Waals surface area (Å²) in [5.74, 6) is 1.01. The standard InChI is InChI=1S/C18H29ClN2O/c1-4-22-17-13-14(2)18(19)15(3)16(17)7-5-10-21-11-6-8-20-9-12-21/h13,20H,4-12H2,1-3H3. The number of aryl methyl sites for hydroxylation is 1. The van der Waals surface area contributed by atoms with E-state index in [0.29, 0.717) is 6.61 Å². The molecule has 0 saturated carbocycles. The van der Waals surface area contributed by atoms with Gasteiger partial charge in [-0.15, -0.1) is 0 Å². The molecule has 1 saturated heterocycles. The zero-order valence-corrected chi connectivity index (χ0v) is 14.9. The molecule has 1 aliphatic heterocycles. The van der Waals surface area contributed by atoms with Crippen molar-refractivity contribution in [2.45, 2.75) is 40.0 Å². The van der Waals surface area contributed by atoms with Crippen LogP contribution in [0.15, 0.2) is 6.07 Å². The molecule has 22 heavy (non-hydrogen) atoms. The summed E-state index contributed by atoms with van der Waals surface area (Å²) in [5, 5.41) is 4.34. The van der Waals surface area contributed by atoms with Crippen molar-refractivity contribution < 1.29 is 4.74 Å². The average Bonchev–Trinajstić information content (AvgIpc) is 2.77. The van der Waals surface area contributed by atoms with E-state index in [1.165, 1.54) is 24.1 Å². The molecule has 0 aliphatic carbocycles. The fourth-order valence-electron chi connectivity index (χ4n) is 3.16. The van der Waals surface area contributed by atoms with E-state index in [1.54, 1.807) is 0 Å². The Morgan fingerprint density at radius 2 is 2.09 bits per heavy atom. The molecule has 1 aromatic rings. The second-order valence-corrected chi connectivity index (χ2v) is 6.47. The highest BCUT2D eigenvalue weighted by atomic mass is 35.5. The Bertz CT molecular complexity index is 482. The molecule has 1 heterocycles. The van der Waals surface area contributed by atoms with Crippen molar-refractivity contribution in [3.63, 3.8) is 0 Å². The number of hydrogen-bond donors (Lipinski definition) is 1. The van der Waals surface area contributed by atoms with Crippen molar-refractivity contribution >= 4 is 11.6 Å². The summed E-state index contributed by atoms with van der Waals surface area (Å²) in [7, 11) is 0. The topological polar surface area (TPSA) is 24.5 Å². The first kappa shape index (κ1) is 17.6. The average molecular weight is 325 g/mol. The highest BCUT2D eigenvalue weighted by molar-refractivity contribution is 6.32. The van der Waals surface area contributed by atoms with Gasteiger partial charge in [0, 0.05) is 18.1 Å². The molecule has 0 unspecified atom stereocenters. The van der Waals surface area contributed by atoms with Gasteiger partial charge in [0.25, 0.3) is 0 Å². The molecule has 0 radical (unpaired) electrons. The molecule has 1 N–H and O–H groups in total. The molecule has 1 fully saturated rings. The molecule has 0 bridgehead atoms. The van der Waals surface area contributed by atoms with Crippen molar-refractivity contribution in [1.29, 1.82) is 0 Å². The van der Waals surface area contributed by atoms with Crippen LogP contribution in [-0.4, -0.2) is 44.2 Å². The van der Waals surface area contributed by atoms with Crippen LogP contribution in [0.25, 0.3) is 0 Å². The van der Waals surface area contributed by atoms with E-state index >= 15 is 0 Å². The first-order valence-electron chi connectivity index (χ1n) is 8.48. The molecule has 3 nitrogen and oxygen atoms in total. The SMILES string of the molecule is CCOc1cc(C)c(Cl)c(C)c1CCCN1CCCNCC1. The Morgan fingerprint density at radius 1 is 1.27 bits per heavy atom. The molecular weight excluding hydrogens is 296 g/mol. The molecule has 124 valence electrons. The third-order valence-electron chi connectivity index (χ3n) is 4.41. The Hall–Kier alpha value is -0.770. The summed E-state index contributed by atoms with van der Waals surface area (Å²) in [4.78, 5) is 2.56. The van der Waals surface area contributed by atoms with Crippen LogP contribution in [-0.2, 0) is 6.42 Å². The van der Waals surface area contributed by atoms with Gasteiger partial charge in [0.1, 0.15) is 5.75 Å². The molecule has 4 heteroatoms. The number of rotatable bonds is 6. The van der Waals surface area contributed by atoms with Gasteiger partial charge < -0.3 is 15.0 Å². The third-order valence-corrected chi connectivity index (χ3v) is 4.99. The maximum absolute atomic E-state index is 6.43. The number of halogens is 1. The van der Waals surface area contributed by atoms with Gasteiger partial charge >= 0.3 is 0 Å². The summed E-state index contributed by atoms with van der Waals surface area (Å²) in [6, 6.07) is 2.09. The highest BCUT2D eigenvalue weighted by Crippen LogP contribution is 2.32. The number of benzene rings is 1. The van der Waals surface area contributed by atoms with Crippen molar-refractivity contribution in [3.8, 4) is 5.75 Å². The van der Waals surface area contributed by atoms with E-state index in [0.717, 1.165) is 55.4 Å². The summed E-state index contributed by atoms with van der Waals surface area (Å²) < 4.78 is 5.83. The van der Waals surface area contributed by atoms with Gasteiger partial charge in [-0.1, -0.05) is 11.6 Å². The lowest BCUT2D eigenvalue weighted by Gasteiger charge is -2.21. The minimum absolute atomic E-state index is 0.700. The predicted octanol–water partition coefficient (Wildman–Crippen LogP) is 3.58. The minimum Gasteiger partial charge on any atom is -0.494 e. The van der Waals surface area contributed by atoms with Crippen molar-refractivity contribution in [1.82, 2.24) is 10.2 Å². The smallest absolute Gasteiger partial charge is 0.123 e. The van der Waals surface area contributed by atoms with Crippen molar-refractivity contribution in [2.24, 2.45) is 0 Å². The molecule has 1 aromatic carbocycles. The monoisotopic (exact) mass is 324 g/mol. The lowest BCUT2D eigenvalue weighted by atomic mass is 9.99. The summed E-state index contributed by atoms with van der Waals surface area (Å²) in [6.07, 6.45) is 3.44. The fraction of sp³-hybridized carbons (Fsp3) is 0.667. The van der Waals surface area contributed by atoms with Crippen LogP contribution >= 0.6 is 11.6 Å². The van der Waals surface area contributed by atoms with Crippen molar-refractivity contribution in [3.05, 3.63) is 27.8 Å². The van der Waals surface area contributed by atoms with Gasteiger partial charge in [0.05, 0.1) is 6.61 Å². The van der Waals surface area contributed by atoms with Gasteiger partial charge in [-0.25, -0.2) is 0 Å². The van der Waals surface area contributed by atoms with Crippen LogP contribution in [0.1, 0.15) is 36.5 Å². The molecular formula is C18H29ClN2O. The van der Waals surface area contributed by atoms with E-state index in [-0.39, 0.29) is 0 Å². The lowest BCUT2D eigenvalue weighted by Crippen LogP contribution is -2.29. The van der Waals surface area contributed by atoms with Gasteiger partial charge in [0.15, 0.2) is 0 Å². The summed E-state index contributed by atoms with van der Waals surface area (Å²) >= 11 is 6.43. The molecule has 1 aliphatic rings. The number of nitrogens with zero attached hydrogens (tertiary/aromatic N) is 1. The van der Waals surface area contributed by atoms with Crippen LogP contribution in [0.5, 0.6) is 5.75 Å². The minimum atomic E-state index is 0.700. The van der Waals surface area contributed by atoms with Gasteiger partial charge in [-0.05, 0) is 82.4 Å². The lowest BCUT2D eigenvalue weighted by molar-refractivity contribution is 0.287. The fourth-order valence-corrected chi connectivity index (χ4v) is 3.33. The van der Waals surface area contributed by atoms with Crippen LogP contribution < -0.4 is 10.1 Å². The largest absolute Gasteiger partial charge is 0.494 e. The van der Waals surface area contributed by atoms with E-state index in [1.807, 2.05) is 13.8 Å². The van der Waals surface area contributed by atoms with Gasteiger partial charge in [0.2, 0.25) is 0 Å². The zero-order valence-electron chi connectivity index (χ0n) is 14.2. The Balaban J connectivity index is 2.00. The maximum Gasteiger partial charge on any atom is 0.123 e. The molecule has 0 atom stereocenters. The van der Waals surface area contributed by atoms with Gasteiger partial charge in [-0.3, -0.25) is 0 Å². The van der Waals surface area contributed by atoms with E-state index in [4.69, 9.17) is 16.3 Å². The number of hydrogen-bond acceptors (Lipinski definition) is 3. The number of ether oxygens (including phenoxy) is 1.